The molecule has 0 bridgehead atoms. The van der Waals surface area contributed by atoms with Gasteiger partial charge >= 0.3 is 0 Å². The summed E-state index contributed by atoms with van der Waals surface area (Å²) in [4.78, 5) is 0. The molecule has 4 aromatic carbocycles. The Morgan fingerprint density at radius 1 is 0.627 bits per heavy atom. The van der Waals surface area contributed by atoms with E-state index in [0.717, 1.165) is 54.8 Å². The number of ether oxygens (including phenoxy) is 1. The summed E-state index contributed by atoms with van der Waals surface area (Å²) in [5, 5.41) is 5.06. The molecule has 8 atom stereocenters. The first kappa shape index (κ1) is 43.5. The van der Waals surface area contributed by atoms with Gasteiger partial charge in [0.05, 0.1) is 6.10 Å². The molecule has 314 valence electrons. The third-order valence-corrected chi connectivity index (χ3v) is 29.9. The van der Waals surface area contributed by atoms with Crippen molar-refractivity contribution in [2.24, 2.45) is 46.3 Å². The molecule has 0 aliphatic heterocycles. The number of benzene rings is 4. The lowest BCUT2D eigenvalue weighted by molar-refractivity contribution is -0.0639. The highest BCUT2D eigenvalue weighted by Crippen LogP contribution is 2.69. The molecule has 8 rings (SSSR count). The van der Waals surface area contributed by atoms with E-state index < -0.39 is 12.1 Å². The molecule has 0 saturated heterocycles. The molecule has 5 heteroatoms. The Bertz CT molecular complexity index is 1930. The van der Waals surface area contributed by atoms with Crippen LogP contribution in [-0.2, 0) is 28.4 Å². The molecule has 0 radical (unpaired) electrons. The molecule has 0 spiro atoms. The van der Waals surface area contributed by atoms with Crippen LogP contribution in [0.25, 0.3) is 0 Å². The maximum absolute atomic E-state index is 7.22. The van der Waals surface area contributed by atoms with Gasteiger partial charge in [0.25, 0.3) is 0 Å². The minimum absolute atomic E-state index is 0.0582. The molecule has 1 nitrogen and oxygen atoms in total. The minimum Gasteiger partial charge on any atom is -0.378 e. The van der Waals surface area contributed by atoms with Gasteiger partial charge in [0.1, 0.15) is 0 Å². The average Bonchev–Trinajstić information content (AvgIpc) is 3.63. The Morgan fingerprint density at radius 2 is 1.15 bits per heavy atom. The lowest BCUT2D eigenvalue weighted by atomic mass is 9.47. The quantitative estimate of drug-likeness (QED) is 0.0871. The SMILES string of the molecule is CC(C)CCCC(C)C1CC[C@H]2[C@@H]3CC=C4C[C@@H](OCCC(P(=S)(c5ccccc5)c5ccccc5)P(=S)(c5ccccc5)c5ccccc5)CC[C@]4(C)[C@H]3CC[C@]12C. The van der Waals surface area contributed by atoms with Gasteiger partial charge in [0, 0.05) is 24.1 Å². The van der Waals surface area contributed by atoms with E-state index in [1.807, 2.05) is 0 Å². The van der Waals surface area contributed by atoms with Crippen LogP contribution in [0.4, 0.5) is 0 Å². The Labute approximate surface area is 368 Å². The van der Waals surface area contributed by atoms with Crippen LogP contribution < -0.4 is 21.2 Å². The third kappa shape index (κ3) is 8.29. The maximum atomic E-state index is 7.22. The number of hydrogen-bond acceptors (Lipinski definition) is 3. The van der Waals surface area contributed by atoms with Crippen LogP contribution in [0.2, 0.25) is 0 Å². The molecule has 59 heavy (non-hydrogen) atoms. The summed E-state index contributed by atoms with van der Waals surface area (Å²) in [6.07, 6.45) is 18.6. The molecule has 3 saturated carbocycles. The molecule has 4 aliphatic rings. The van der Waals surface area contributed by atoms with Gasteiger partial charge in [-0.05, 0) is 125 Å². The van der Waals surface area contributed by atoms with E-state index in [1.54, 1.807) is 5.57 Å². The molecule has 2 unspecified atom stereocenters. The highest BCUT2D eigenvalue weighted by atomic mass is 32.5. The number of hydrogen-bond donors (Lipinski definition) is 0. The zero-order chi connectivity index (χ0) is 41.3. The van der Waals surface area contributed by atoms with Gasteiger partial charge in [0.2, 0.25) is 0 Å². The fourth-order valence-electron chi connectivity index (χ4n) is 13.3. The minimum atomic E-state index is -2.46. The van der Waals surface area contributed by atoms with Gasteiger partial charge in [-0.2, -0.15) is 0 Å². The van der Waals surface area contributed by atoms with Crippen LogP contribution in [0.1, 0.15) is 112 Å². The largest absolute Gasteiger partial charge is 0.378 e. The average molecular weight is 861 g/mol. The van der Waals surface area contributed by atoms with Gasteiger partial charge < -0.3 is 4.74 Å². The van der Waals surface area contributed by atoms with Crippen molar-refractivity contribution in [1.29, 1.82) is 0 Å². The molecule has 3 fully saturated rings. The van der Waals surface area contributed by atoms with Crippen LogP contribution in [-0.4, -0.2) is 18.1 Å². The van der Waals surface area contributed by atoms with Crippen molar-refractivity contribution in [2.75, 3.05) is 6.61 Å². The van der Waals surface area contributed by atoms with E-state index in [9.17, 15) is 0 Å². The van der Waals surface area contributed by atoms with Gasteiger partial charge in [-0.25, -0.2) is 0 Å². The predicted octanol–water partition coefficient (Wildman–Crippen LogP) is 13.4. The lowest BCUT2D eigenvalue weighted by Crippen LogP contribution is -2.51. The van der Waals surface area contributed by atoms with Crippen molar-refractivity contribution in [3.05, 3.63) is 133 Å². The normalized spacial score (nSPS) is 28.7. The molecule has 0 N–H and O–H groups in total. The van der Waals surface area contributed by atoms with E-state index >= 15 is 0 Å². The van der Waals surface area contributed by atoms with Gasteiger partial charge in [-0.1, -0.05) is 210 Å². The van der Waals surface area contributed by atoms with Crippen molar-refractivity contribution >= 4 is 56.9 Å². The van der Waals surface area contributed by atoms with Crippen molar-refractivity contribution in [1.82, 2.24) is 0 Å². The summed E-state index contributed by atoms with van der Waals surface area (Å²) in [6, 6.07) is 39.0. The number of rotatable bonds is 15. The molecule has 4 aromatic rings. The first-order chi connectivity index (χ1) is 28.5. The summed E-state index contributed by atoms with van der Waals surface area (Å²) in [5.41, 5.74) is 2.56. The summed E-state index contributed by atoms with van der Waals surface area (Å²) < 4.78 is 7.15. The molecule has 0 heterocycles. The van der Waals surface area contributed by atoms with Crippen LogP contribution >= 0.6 is 12.1 Å². The van der Waals surface area contributed by atoms with Crippen LogP contribution in [0.3, 0.4) is 0 Å². The van der Waals surface area contributed by atoms with Crippen molar-refractivity contribution in [3.63, 3.8) is 0 Å². The van der Waals surface area contributed by atoms with E-state index in [1.165, 1.54) is 79.0 Å². The fraction of sp³-hybridized carbons (Fsp3) is 0.519. The van der Waals surface area contributed by atoms with Gasteiger partial charge in [-0.3, -0.25) is 0 Å². The zero-order valence-corrected chi connectivity index (χ0v) is 40.0. The predicted molar refractivity (Wildman–Crippen MR) is 264 cm³/mol. The second-order valence-electron chi connectivity index (χ2n) is 20.0. The number of allylic oxidation sites excluding steroid dienone is 1. The van der Waals surface area contributed by atoms with Crippen LogP contribution in [0.5, 0.6) is 0 Å². The third-order valence-electron chi connectivity index (χ3n) is 16.4. The Morgan fingerprint density at radius 3 is 1.66 bits per heavy atom. The standard InChI is InChI=1S/C54H70OP2S2/c1-40(2)19-18-20-41(3)49-31-32-50-48-30-29-42-39-43(33-36-53(42,4)51(48)34-37-54(49,50)5)55-38-35-52(56(58,44-21-10-6-11-22-44)45-23-12-7-13-24-45)57(59,46-25-14-8-15-26-46)47-27-16-9-17-28-47/h6-17,21-29,40-41,43,48-52H,18-20,30-39H2,1-5H3/t41?,43-,48-,49?,50-,51-,53-,54+/m0/s1. The molecule has 4 aliphatic carbocycles. The van der Waals surface area contributed by atoms with Crippen molar-refractivity contribution < 1.29 is 4.74 Å². The summed E-state index contributed by atoms with van der Waals surface area (Å²) in [6.45, 7) is 13.5. The topological polar surface area (TPSA) is 9.23 Å². The highest BCUT2D eigenvalue weighted by Gasteiger charge is 2.59. The first-order valence-corrected chi connectivity index (χ1v) is 29.0. The zero-order valence-electron chi connectivity index (χ0n) is 36.6. The van der Waals surface area contributed by atoms with E-state index in [4.69, 9.17) is 28.4 Å². The van der Waals surface area contributed by atoms with Gasteiger partial charge in [-0.15, -0.1) is 0 Å². The van der Waals surface area contributed by atoms with Gasteiger partial charge in [0.15, 0.2) is 0 Å². The summed E-state index contributed by atoms with van der Waals surface area (Å²) >= 11 is 14.4. The van der Waals surface area contributed by atoms with Crippen molar-refractivity contribution in [3.8, 4) is 0 Å². The Kier molecular flexibility index (Phi) is 13.5. The van der Waals surface area contributed by atoms with Crippen LogP contribution in [0.15, 0.2) is 133 Å². The van der Waals surface area contributed by atoms with E-state index in [0.29, 0.717) is 17.4 Å². The Balaban J connectivity index is 1.04. The molecular weight excluding hydrogens is 791 g/mol. The summed E-state index contributed by atoms with van der Waals surface area (Å²) in [5.74, 6) is 5.17. The molecule has 0 aromatic heterocycles. The maximum Gasteiger partial charge on any atom is 0.0612 e. The first-order valence-electron chi connectivity index (χ1n) is 23.2. The van der Waals surface area contributed by atoms with Crippen LogP contribution in [0, 0.1) is 46.3 Å². The van der Waals surface area contributed by atoms with E-state index in [2.05, 4.69) is 162 Å². The second kappa shape index (κ2) is 18.3. The lowest BCUT2D eigenvalue weighted by Gasteiger charge is -2.58. The highest BCUT2D eigenvalue weighted by molar-refractivity contribution is 8.32. The van der Waals surface area contributed by atoms with Crippen molar-refractivity contribution in [2.45, 2.75) is 123 Å². The molecular formula is C54H70OP2S2. The smallest absolute Gasteiger partial charge is 0.0612 e. The number of fused-ring (bicyclic) bond motifs is 5. The fourth-order valence-corrected chi connectivity index (χ4v) is 27.3. The summed E-state index contributed by atoms with van der Waals surface area (Å²) in [7, 11) is 0. The second-order valence-corrected chi connectivity index (χ2v) is 29.8. The van der Waals surface area contributed by atoms with E-state index in [-0.39, 0.29) is 11.5 Å². The molecule has 0 amide bonds. The Hall–Kier alpha value is -2.12. The monoisotopic (exact) mass is 860 g/mol.